The SMILES string of the molecule is N/C(=N\O)c1ccc(Cn2cnc3ccccc32)c(F)c1. The summed E-state index contributed by atoms with van der Waals surface area (Å²) in [7, 11) is 0. The molecule has 3 N–H and O–H groups in total. The van der Waals surface area contributed by atoms with Gasteiger partial charge in [0.15, 0.2) is 5.84 Å². The molecule has 0 spiro atoms. The second-order valence-electron chi connectivity index (χ2n) is 4.65. The molecule has 0 aliphatic heterocycles. The van der Waals surface area contributed by atoms with Crippen LogP contribution >= 0.6 is 0 Å². The van der Waals surface area contributed by atoms with Crippen molar-refractivity contribution < 1.29 is 9.60 Å². The minimum atomic E-state index is -0.406. The van der Waals surface area contributed by atoms with Crippen LogP contribution in [0, 0.1) is 5.82 Å². The summed E-state index contributed by atoms with van der Waals surface area (Å²) in [5, 5.41) is 11.5. The Morgan fingerprint density at radius 2 is 2.10 bits per heavy atom. The molecule has 0 fully saturated rings. The summed E-state index contributed by atoms with van der Waals surface area (Å²) in [6, 6.07) is 12.2. The van der Waals surface area contributed by atoms with Crippen LogP contribution in [0.3, 0.4) is 0 Å². The molecule has 0 saturated carbocycles. The van der Waals surface area contributed by atoms with Crippen molar-refractivity contribution in [1.82, 2.24) is 9.55 Å². The molecule has 1 aromatic heterocycles. The lowest BCUT2D eigenvalue weighted by Crippen LogP contribution is -2.14. The van der Waals surface area contributed by atoms with E-state index in [0.29, 0.717) is 17.7 Å². The molecular formula is C15H13FN4O. The predicted octanol–water partition coefficient (Wildman–Crippen LogP) is 2.32. The van der Waals surface area contributed by atoms with Gasteiger partial charge in [0.05, 0.1) is 23.9 Å². The highest BCUT2D eigenvalue weighted by Crippen LogP contribution is 2.16. The number of aromatic nitrogens is 2. The summed E-state index contributed by atoms with van der Waals surface area (Å²) in [5.41, 5.74) is 8.10. The molecule has 3 aromatic rings. The summed E-state index contributed by atoms with van der Waals surface area (Å²) in [6.45, 7) is 0.364. The first-order valence-electron chi connectivity index (χ1n) is 6.35. The van der Waals surface area contributed by atoms with Crippen molar-refractivity contribution >= 4 is 16.9 Å². The van der Waals surface area contributed by atoms with E-state index in [1.807, 2.05) is 28.8 Å². The van der Waals surface area contributed by atoms with Crippen LogP contribution in [0.1, 0.15) is 11.1 Å². The van der Waals surface area contributed by atoms with Gasteiger partial charge in [0.1, 0.15) is 5.82 Å². The lowest BCUT2D eigenvalue weighted by atomic mass is 10.1. The molecule has 0 aliphatic rings. The Morgan fingerprint density at radius 3 is 2.86 bits per heavy atom. The van der Waals surface area contributed by atoms with Gasteiger partial charge in [-0.3, -0.25) is 0 Å². The van der Waals surface area contributed by atoms with Gasteiger partial charge in [-0.05, 0) is 18.2 Å². The monoisotopic (exact) mass is 284 g/mol. The number of amidine groups is 1. The molecular weight excluding hydrogens is 271 g/mol. The third kappa shape index (κ3) is 2.43. The topological polar surface area (TPSA) is 76.4 Å². The summed E-state index contributed by atoms with van der Waals surface area (Å²) in [6.07, 6.45) is 1.68. The van der Waals surface area contributed by atoms with Gasteiger partial charge in [-0.2, -0.15) is 0 Å². The zero-order valence-corrected chi connectivity index (χ0v) is 11.1. The van der Waals surface area contributed by atoms with E-state index in [4.69, 9.17) is 10.9 Å². The van der Waals surface area contributed by atoms with E-state index in [1.165, 1.54) is 6.07 Å². The van der Waals surface area contributed by atoms with Crippen molar-refractivity contribution in [2.75, 3.05) is 0 Å². The first-order valence-corrected chi connectivity index (χ1v) is 6.35. The second kappa shape index (κ2) is 5.24. The number of imidazole rings is 1. The molecule has 106 valence electrons. The van der Waals surface area contributed by atoms with Gasteiger partial charge >= 0.3 is 0 Å². The molecule has 0 amide bonds. The quantitative estimate of drug-likeness (QED) is 0.335. The number of hydrogen-bond donors (Lipinski definition) is 2. The van der Waals surface area contributed by atoms with Crippen LogP contribution in [-0.4, -0.2) is 20.6 Å². The fourth-order valence-electron chi connectivity index (χ4n) is 2.21. The number of fused-ring (bicyclic) bond motifs is 1. The van der Waals surface area contributed by atoms with Crippen LogP contribution in [-0.2, 0) is 6.54 Å². The fraction of sp³-hybridized carbons (Fsp3) is 0.0667. The van der Waals surface area contributed by atoms with Gasteiger partial charge in [0.25, 0.3) is 0 Å². The highest BCUT2D eigenvalue weighted by molar-refractivity contribution is 5.97. The highest BCUT2D eigenvalue weighted by atomic mass is 19.1. The Balaban J connectivity index is 1.95. The predicted molar refractivity (Wildman–Crippen MR) is 77.7 cm³/mol. The second-order valence-corrected chi connectivity index (χ2v) is 4.65. The number of nitrogens with two attached hydrogens (primary N) is 1. The smallest absolute Gasteiger partial charge is 0.170 e. The first kappa shape index (κ1) is 13.1. The molecule has 0 saturated heterocycles. The number of rotatable bonds is 3. The first-order chi connectivity index (χ1) is 10.2. The Morgan fingerprint density at radius 1 is 1.29 bits per heavy atom. The van der Waals surface area contributed by atoms with E-state index < -0.39 is 5.82 Å². The fourth-order valence-corrected chi connectivity index (χ4v) is 2.21. The zero-order valence-electron chi connectivity index (χ0n) is 11.1. The molecule has 1 heterocycles. The standard InChI is InChI=1S/C15H13FN4O/c16-12-7-10(15(17)19-21)5-6-11(12)8-20-9-18-13-3-1-2-4-14(13)20/h1-7,9,21H,8H2,(H2,17,19). The average molecular weight is 284 g/mol. The van der Waals surface area contributed by atoms with Crippen molar-refractivity contribution in [1.29, 1.82) is 0 Å². The van der Waals surface area contributed by atoms with Crippen LogP contribution in [0.2, 0.25) is 0 Å². The summed E-state index contributed by atoms with van der Waals surface area (Å²) >= 11 is 0. The van der Waals surface area contributed by atoms with Gasteiger partial charge in [0, 0.05) is 11.1 Å². The van der Waals surface area contributed by atoms with Crippen molar-refractivity contribution in [2.45, 2.75) is 6.54 Å². The third-order valence-electron chi connectivity index (χ3n) is 3.32. The van der Waals surface area contributed by atoms with E-state index in [2.05, 4.69) is 10.1 Å². The lowest BCUT2D eigenvalue weighted by molar-refractivity contribution is 0.318. The molecule has 6 heteroatoms. The molecule has 0 atom stereocenters. The normalized spacial score (nSPS) is 12.0. The lowest BCUT2D eigenvalue weighted by Gasteiger charge is -2.07. The van der Waals surface area contributed by atoms with Gasteiger partial charge in [-0.15, -0.1) is 0 Å². The molecule has 0 aliphatic carbocycles. The van der Waals surface area contributed by atoms with Crippen LogP contribution in [0.15, 0.2) is 53.9 Å². The number of halogens is 1. The summed E-state index contributed by atoms with van der Waals surface area (Å²) in [5.74, 6) is -0.523. The van der Waals surface area contributed by atoms with Gasteiger partial charge < -0.3 is 15.5 Å². The van der Waals surface area contributed by atoms with Crippen LogP contribution in [0.25, 0.3) is 11.0 Å². The number of hydrogen-bond acceptors (Lipinski definition) is 3. The minimum absolute atomic E-state index is 0.117. The van der Waals surface area contributed by atoms with E-state index >= 15 is 0 Å². The Bertz CT molecular complexity index is 825. The highest BCUT2D eigenvalue weighted by Gasteiger charge is 2.09. The van der Waals surface area contributed by atoms with Crippen LogP contribution < -0.4 is 5.73 Å². The summed E-state index contributed by atoms with van der Waals surface area (Å²) in [4.78, 5) is 4.27. The molecule has 0 radical (unpaired) electrons. The molecule has 5 nitrogen and oxygen atoms in total. The van der Waals surface area contributed by atoms with E-state index in [-0.39, 0.29) is 5.84 Å². The molecule has 0 unspecified atom stereocenters. The zero-order chi connectivity index (χ0) is 14.8. The number of nitrogens with zero attached hydrogens (tertiary/aromatic N) is 3. The minimum Gasteiger partial charge on any atom is -0.409 e. The molecule has 3 rings (SSSR count). The maximum atomic E-state index is 14.1. The summed E-state index contributed by atoms with van der Waals surface area (Å²) < 4.78 is 16.0. The Hall–Kier alpha value is -2.89. The van der Waals surface area contributed by atoms with Crippen molar-refractivity contribution in [3.8, 4) is 0 Å². The Labute approximate surface area is 120 Å². The average Bonchev–Trinajstić information content (AvgIpc) is 2.92. The third-order valence-corrected chi connectivity index (χ3v) is 3.32. The van der Waals surface area contributed by atoms with Crippen LogP contribution in [0.4, 0.5) is 4.39 Å². The maximum absolute atomic E-state index is 14.1. The van der Waals surface area contributed by atoms with E-state index in [1.54, 1.807) is 18.5 Å². The number of oxime groups is 1. The van der Waals surface area contributed by atoms with Gasteiger partial charge in [-0.25, -0.2) is 9.37 Å². The number of para-hydroxylation sites is 2. The van der Waals surface area contributed by atoms with Gasteiger partial charge in [-0.1, -0.05) is 29.4 Å². The van der Waals surface area contributed by atoms with Gasteiger partial charge in [0.2, 0.25) is 0 Å². The van der Waals surface area contributed by atoms with Crippen molar-refractivity contribution in [3.05, 3.63) is 65.7 Å². The molecule has 2 aromatic carbocycles. The Kier molecular flexibility index (Phi) is 3.27. The van der Waals surface area contributed by atoms with Crippen molar-refractivity contribution in [3.63, 3.8) is 0 Å². The molecule has 0 bridgehead atoms. The maximum Gasteiger partial charge on any atom is 0.170 e. The van der Waals surface area contributed by atoms with E-state index in [0.717, 1.165) is 11.0 Å². The largest absolute Gasteiger partial charge is 0.409 e. The molecule has 21 heavy (non-hydrogen) atoms. The van der Waals surface area contributed by atoms with Crippen LogP contribution in [0.5, 0.6) is 0 Å². The van der Waals surface area contributed by atoms with E-state index in [9.17, 15) is 4.39 Å². The van der Waals surface area contributed by atoms with Crippen molar-refractivity contribution in [2.24, 2.45) is 10.9 Å². The number of benzene rings is 2.